The van der Waals surface area contributed by atoms with Crippen molar-refractivity contribution in [1.82, 2.24) is 14.9 Å². The molecule has 5 nitrogen and oxygen atoms in total. The molecule has 1 saturated heterocycles. The summed E-state index contributed by atoms with van der Waals surface area (Å²) in [6.07, 6.45) is 4.51. The molecule has 0 aromatic carbocycles. The van der Waals surface area contributed by atoms with Crippen LogP contribution in [0.3, 0.4) is 0 Å². The van der Waals surface area contributed by atoms with Crippen LogP contribution in [0.25, 0.3) is 0 Å². The summed E-state index contributed by atoms with van der Waals surface area (Å²) in [6.45, 7) is 5.46. The first-order valence-electron chi connectivity index (χ1n) is 6.94. The van der Waals surface area contributed by atoms with E-state index in [0.717, 1.165) is 37.9 Å². The van der Waals surface area contributed by atoms with Gasteiger partial charge < -0.3 is 10.2 Å². The maximum atomic E-state index is 6.21. The van der Waals surface area contributed by atoms with Gasteiger partial charge in [-0.05, 0) is 18.8 Å². The van der Waals surface area contributed by atoms with Gasteiger partial charge in [-0.1, -0.05) is 11.6 Å². The minimum Gasteiger partial charge on any atom is -0.357 e. The first-order valence-corrected chi connectivity index (χ1v) is 7.31. The number of halogens is 1. The Hall–Kier alpha value is -1.07. The molecule has 0 radical (unpaired) electrons. The van der Waals surface area contributed by atoms with Crippen LogP contribution in [0.5, 0.6) is 0 Å². The van der Waals surface area contributed by atoms with Gasteiger partial charge in [0.25, 0.3) is 0 Å². The second kappa shape index (κ2) is 5.51. The van der Waals surface area contributed by atoms with Crippen molar-refractivity contribution >= 4 is 23.4 Å². The van der Waals surface area contributed by atoms with E-state index in [1.165, 1.54) is 19.4 Å². The first-order chi connectivity index (χ1) is 9.26. The molecule has 6 heteroatoms. The summed E-state index contributed by atoms with van der Waals surface area (Å²) in [5.41, 5.74) is 0. The zero-order valence-electron chi connectivity index (χ0n) is 11.3. The quantitative estimate of drug-likeness (QED) is 0.910. The number of aromatic nitrogens is 2. The molecule has 1 aromatic rings. The lowest BCUT2D eigenvalue weighted by Gasteiger charge is -2.35. The Morgan fingerprint density at radius 1 is 1.32 bits per heavy atom. The van der Waals surface area contributed by atoms with Gasteiger partial charge in [0.1, 0.15) is 5.02 Å². The predicted octanol–water partition coefficient (Wildman–Crippen LogP) is 1.70. The fourth-order valence-electron chi connectivity index (χ4n) is 2.51. The Kier molecular flexibility index (Phi) is 3.75. The summed E-state index contributed by atoms with van der Waals surface area (Å²) in [7, 11) is 1.82. The number of rotatable bonds is 4. The summed E-state index contributed by atoms with van der Waals surface area (Å²) in [5, 5.41) is 3.59. The Balaban J connectivity index is 1.63. The van der Waals surface area contributed by atoms with Gasteiger partial charge in [-0.25, -0.2) is 4.98 Å². The number of hydrogen-bond donors (Lipinski definition) is 1. The van der Waals surface area contributed by atoms with Crippen LogP contribution in [0.1, 0.15) is 12.8 Å². The van der Waals surface area contributed by atoms with Crippen molar-refractivity contribution in [2.24, 2.45) is 5.92 Å². The van der Waals surface area contributed by atoms with E-state index >= 15 is 0 Å². The number of piperazine rings is 1. The van der Waals surface area contributed by atoms with E-state index in [1.807, 2.05) is 7.05 Å². The third-order valence-electron chi connectivity index (χ3n) is 3.83. The van der Waals surface area contributed by atoms with Crippen molar-refractivity contribution in [3.8, 4) is 0 Å². The average Bonchev–Trinajstić information content (AvgIpc) is 3.24. The number of hydrogen-bond acceptors (Lipinski definition) is 5. The van der Waals surface area contributed by atoms with E-state index in [9.17, 15) is 0 Å². The van der Waals surface area contributed by atoms with Crippen molar-refractivity contribution in [3.63, 3.8) is 0 Å². The van der Waals surface area contributed by atoms with Crippen LogP contribution >= 0.6 is 11.6 Å². The molecular weight excluding hydrogens is 262 g/mol. The van der Waals surface area contributed by atoms with Gasteiger partial charge in [0.05, 0.1) is 6.20 Å². The normalized spacial score (nSPS) is 20.6. The molecule has 1 saturated carbocycles. The third-order valence-corrected chi connectivity index (χ3v) is 4.10. The summed E-state index contributed by atoms with van der Waals surface area (Å²) < 4.78 is 0. The fourth-order valence-corrected chi connectivity index (χ4v) is 2.72. The van der Waals surface area contributed by atoms with Gasteiger partial charge in [-0.15, -0.1) is 0 Å². The molecule has 0 amide bonds. The molecule has 1 N–H and O–H groups in total. The van der Waals surface area contributed by atoms with E-state index in [-0.39, 0.29) is 0 Å². The molecule has 0 unspecified atom stereocenters. The molecule has 2 heterocycles. The molecule has 104 valence electrons. The monoisotopic (exact) mass is 281 g/mol. The highest BCUT2D eigenvalue weighted by molar-refractivity contribution is 6.32. The molecule has 3 rings (SSSR count). The van der Waals surface area contributed by atoms with Crippen LogP contribution in [0.4, 0.5) is 11.8 Å². The van der Waals surface area contributed by atoms with Crippen molar-refractivity contribution in [3.05, 3.63) is 11.2 Å². The standard InChI is InChI=1S/C13H20ClN5/c1-15-13-16-8-11(14)12(17-13)19-6-4-18(5-7-19)9-10-2-3-10/h8,10H,2-7,9H2,1H3,(H,15,16,17). The van der Waals surface area contributed by atoms with Gasteiger partial charge in [0.15, 0.2) is 5.82 Å². The van der Waals surface area contributed by atoms with Crippen LogP contribution in [-0.4, -0.2) is 54.6 Å². The van der Waals surface area contributed by atoms with Crippen molar-refractivity contribution in [2.45, 2.75) is 12.8 Å². The number of nitrogens with one attached hydrogen (secondary N) is 1. The lowest BCUT2D eigenvalue weighted by molar-refractivity contribution is 0.247. The van der Waals surface area contributed by atoms with Gasteiger partial charge in [0.2, 0.25) is 5.95 Å². The maximum Gasteiger partial charge on any atom is 0.224 e. The Morgan fingerprint density at radius 2 is 2.05 bits per heavy atom. The highest BCUT2D eigenvalue weighted by Gasteiger charge is 2.27. The zero-order chi connectivity index (χ0) is 13.2. The molecule has 0 spiro atoms. The summed E-state index contributed by atoms with van der Waals surface area (Å²) in [5.74, 6) is 2.44. The minimum absolute atomic E-state index is 0.625. The molecule has 2 fully saturated rings. The molecular formula is C13H20ClN5. The van der Waals surface area contributed by atoms with Crippen molar-refractivity contribution in [1.29, 1.82) is 0 Å². The van der Waals surface area contributed by atoms with Crippen LogP contribution < -0.4 is 10.2 Å². The van der Waals surface area contributed by atoms with Crippen molar-refractivity contribution in [2.75, 3.05) is 50.0 Å². The largest absolute Gasteiger partial charge is 0.357 e. The maximum absolute atomic E-state index is 6.21. The van der Waals surface area contributed by atoms with E-state index < -0.39 is 0 Å². The van der Waals surface area contributed by atoms with E-state index in [4.69, 9.17) is 11.6 Å². The molecule has 19 heavy (non-hydrogen) atoms. The molecule has 1 aromatic heterocycles. The lowest BCUT2D eigenvalue weighted by Crippen LogP contribution is -2.47. The molecule has 1 aliphatic carbocycles. The highest BCUT2D eigenvalue weighted by atomic mass is 35.5. The van der Waals surface area contributed by atoms with Gasteiger partial charge in [-0.3, -0.25) is 4.90 Å². The third kappa shape index (κ3) is 3.09. The zero-order valence-corrected chi connectivity index (χ0v) is 12.0. The first kappa shape index (κ1) is 12.9. The van der Waals surface area contributed by atoms with E-state index in [0.29, 0.717) is 11.0 Å². The second-order valence-corrected chi connectivity index (χ2v) is 5.75. The highest BCUT2D eigenvalue weighted by Crippen LogP contribution is 2.30. The van der Waals surface area contributed by atoms with Gasteiger partial charge >= 0.3 is 0 Å². The average molecular weight is 282 g/mol. The van der Waals surface area contributed by atoms with E-state index in [1.54, 1.807) is 6.20 Å². The van der Waals surface area contributed by atoms with Crippen LogP contribution in [-0.2, 0) is 0 Å². The van der Waals surface area contributed by atoms with Crippen LogP contribution in [0, 0.1) is 5.92 Å². The molecule has 0 atom stereocenters. The Bertz CT molecular complexity index is 441. The smallest absolute Gasteiger partial charge is 0.224 e. The summed E-state index contributed by atoms with van der Waals surface area (Å²) in [4.78, 5) is 13.4. The predicted molar refractivity (Wildman–Crippen MR) is 78.0 cm³/mol. The van der Waals surface area contributed by atoms with Gasteiger partial charge in [-0.2, -0.15) is 4.98 Å². The molecule has 0 bridgehead atoms. The topological polar surface area (TPSA) is 44.3 Å². The van der Waals surface area contributed by atoms with Crippen LogP contribution in [0.2, 0.25) is 5.02 Å². The van der Waals surface area contributed by atoms with Crippen LogP contribution in [0.15, 0.2) is 6.20 Å². The summed E-state index contributed by atoms with van der Waals surface area (Å²) in [6, 6.07) is 0. The van der Waals surface area contributed by atoms with E-state index in [2.05, 4.69) is 25.1 Å². The number of nitrogens with zero attached hydrogens (tertiary/aromatic N) is 4. The number of anilines is 2. The SMILES string of the molecule is CNc1ncc(Cl)c(N2CCN(CC3CC3)CC2)n1. The van der Waals surface area contributed by atoms with Gasteiger partial charge in [0, 0.05) is 39.8 Å². The Morgan fingerprint density at radius 3 is 2.68 bits per heavy atom. The Labute approximate surface area is 119 Å². The lowest BCUT2D eigenvalue weighted by atomic mass is 10.3. The minimum atomic E-state index is 0.625. The second-order valence-electron chi connectivity index (χ2n) is 5.35. The molecule has 1 aliphatic heterocycles. The molecule has 2 aliphatic rings. The summed E-state index contributed by atoms with van der Waals surface area (Å²) >= 11 is 6.21. The fraction of sp³-hybridized carbons (Fsp3) is 0.692. The van der Waals surface area contributed by atoms with Crippen molar-refractivity contribution < 1.29 is 0 Å².